The highest BCUT2D eigenvalue weighted by Gasteiger charge is 2.44. The lowest BCUT2D eigenvalue weighted by atomic mass is 9.68. The molecule has 4 aromatic rings. The number of allylic oxidation sites excluding steroid dienone is 1. The SMILES string of the molecule is CO[C@H]1/C=C/C(Cc2ccc(C)cc2)[C@H](C)C[S@@](=O)(NC(=O)c2cn(C)nc2C)=NC(=O)c2ccc3c(c2)N(C[C@@H]2CC[C@H]21)C[C@@]1(CCCc2cc(Cl)ccc21)CO3. The molecule has 1 spiro atoms. The summed E-state index contributed by atoms with van der Waals surface area (Å²) in [5.41, 5.74) is 6.43. The summed E-state index contributed by atoms with van der Waals surface area (Å²) in [7, 11) is -0.150. The molecule has 2 aliphatic carbocycles. The van der Waals surface area contributed by atoms with Crippen LogP contribution in [0.3, 0.4) is 0 Å². The van der Waals surface area contributed by atoms with Gasteiger partial charge in [0, 0.05) is 49.4 Å². The molecule has 306 valence electrons. The van der Waals surface area contributed by atoms with E-state index in [4.69, 9.17) is 21.1 Å². The Labute approximate surface area is 347 Å². The van der Waals surface area contributed by atoms with Crippen molar-refractivity contribution in [2.75, 3.05) is 37.5 Å². The summed E-state index contributed by atoms with van der Waals surface area (Å²) in [6.45, 7) is 7.76. The zero-order valence-corrected chi connectivity index (χ0v) is 35.7. The summed E-state index contributed by atoms with van der Waals surface area (Å²) >= 11 is 6.51. The van der Waals surface area contributed by atoms with Crippen LogP contribution in [0, 0.1) is 37.5 Å². The highest BCUT2D eigenvalue weighted by Crippen LogP contribution is 2.47. The van der Waals surface area contributed by atoms with Crippen molar-refractivity contribution in [1.29, 1.82) is 0 Å². The van der Waals surface area contributed by atoms with Crippen LogP contribution in [0.1, 0.15) is 81.3 Å². The van der Waals surface area contributed by atoms with E-state index in [1.807, 2.05) is 25.1 Å². The van der Waals surface area contributed by atoms with Crippen molar-refractivity contribution in [3.05, 3.63) is 123 Å². The number of aryl methyl sites for hydroxylation is 4. The molecule has 8 rings (SSSR count). The predicted molar refractivity (Wildman–Crippen MR) is 229 cm³/mol. The predicted octanol–water partition coefficient (Wildman–Crippen LogP) is 8.22. The normalized spacial score (nSPS) is 28.9. The Bertz CT molecular complexity index is 2370. The maximum Gasteiger partial charge on any atom is 0.286 e. The maximum absolute atomic E-state index is 15.2. The Morgan fingerprint density at radius 1 is 1.09 bits per heavy atom. The fourth-order valence-electron chi connectivity index (χ4n) is 9.68. The standard InChI is InChI=1S/C46H54ClN5O5S/c1-29-8-10-32(11-9-29)21-33-13-18-42(56-5)38-16-12-36(38)24-52-27-46(20-6-7-34-22-37(47)15-17-40(34)46)28-57-43-19-14-35(23-41(43)52)44(53)49-58(55,26-30(33)2)50-45(54)39-25-51(4)48-31(39)3/h8-11,13-15,17-19,22-23,25,30,33,36,38,42H,6-7,12,16,20-21,24,26-28H2,1-5H3,(H,49,50,53,54,55)/b18-13+/t30-,33?,36+,38-,42+,46+,58+/m1/s1. The fourth-order valence-corrected chi connectivity index (χ4v) is 11.8. The smallest absolute Gasteiger partial charge is 0.286 e. The number of carbonyl (C=O) groups excluding carboxylic acids is 2. The first-order chi connectivity index (χ1) is 27.8. The highest BCUT2D eigenvalue weighted by molar-refractivity contribution is 7.92. The lowest BCUT2D eigenvalue weighted by molar-refractivity contribution is 0.0129. The second-order valence-electron chi connectivity index (χ2n) is 17.1. The number of nitrogens with one attached hydrogen (secondary N) is 1. The molecular weight excluding hydrogens is 770 g/mol. The second kappa shape index (κ2) is 16.3. The number of hydrogen-bond donors (Lipinski definition) is 1. The van der Waals surface area contributed by atoms with Gasteiger partial charge in [-0.1, -0.05) is 66.6 Å². The third kappa shape index (κ3) is 8.23. The van der Waals surface area contributed by atoms with Crippen LogP contribution in [0.5, 0.6) is 5.75 Å². The second-order valence-corrected chi connectivity index (χ2v) is 19.6. The van der Waals surface area contributed by atoms with Gasteiger partial charge in [-0.25, -0.2) is 4.21 Å². The van der Waals surface area contributed by atoms with Crippen LogP contribution < -0.4 is 14.4 Å². The van der Waals surface area contributed by atoms with Gasteiger partial charge in [-0.2, -0.15) is 5.10 Å². The number of benzene rings is 3. The van der Waals surface area contributed by atoms with E-state index in [9.17, 15) is 9.59 Å². The van der Waals surface area contributed by atoms with Crippen molar-refractivity contribution in [3.8, 4) is 5.75 Å². The molecule has 7 atom stereocenters. The van der Waals surface area contributed by atoms with Gasteiger partial charge < -0.3 is 14.4 Å². The van der Waals surface area contributed by atoms with Gasteiger partial charge in [0.15, 0.2) is 0 Å². The minimum Gasteiger partial charge on any atom is -0.490 e. The number of fused-ring (bicyclic) bond motifs is 4. The number of aromatic nitrogens is 2. The number of anilines is 1. The molecule has 2 amide bonds. The van der Waals surface area contributed by atoms with Gasteiger partial charge in [0.2, 0.25) is 0 Å². The van der Waals surface area contributed by atoms with Gasteiger partial charge in [-0.15, -0.1) is 4.36 Å². The molecule has 2 aliphatic heterocycles. The summed E-state index contributed by atoms with van der Waals surface area (Å²) < 4.78 is 36.8. The molecule has 1 N–H and O–H groups in total. The zero-order valence-electron chi connectivity index (χ0n) is 34.1. The molecule has 4 aliphatic rings. The van der Waals surface area contributed by atoms with E-state index < -0.39 is 21.7 Å². The Morgan fingerprint density at radius 2 is 1.90 bits per heavy atom. The van der Waals surface area contributed by atoms with E-state index in [-0.39, 0.29) is 46.2 Å². The number of methoxy groups -OCH3 is 1. The van der Waals surface area contributed by atoms with Crippen LogP contribution in [0.25, 0.3) is 0 Å². The number of amides is 2. The van der Waals surface area contributed by atoms with Crippen LogP contribution in [0.2, 0.25) is 5.02 Å². The number of halogens is 1. The summed E-state index contributed by atoms with van der Waals surface area (Å²) in [5, 5.41) is 5.05. The van der Waals surface area contributed by atoms with E-state index in [1.54, 1.807) is 33.3 Å². The average Bonchev–Trinajstić information content (AvgIpc) is 3.45. The molecule has 0 saturated heterocycles. The lowest BCUT2D eigenvalue weighted by Crippen LogP contribution is -2.49. The highest BCUT2D eigenvalue weighted by atomic mass is 35.5. The minimum atomic E-state index is -3.66. The molecule has 0 radical (unpaired) electrons. The third-order valence-electron chi connectivity index (χ3n) is 13.0. The molecule has 1 unspecified atom stereocenters. The first kappa shape index (κ1) is 40.3. The first-order valence-corrected chi connectivity index (χ1v) is 22.6. The average molecular weight is 824 g/mol. The van der Waals surface area contributed by atoms with Gasteiger partial charge in [0.05, 0.1) is 35.4 Å². The molecule has 3 aromatic carbocycles. The van der Waals surface area contributed by atoms with E-state index in [0.29, 0.717) is 36.9 Å². The molecule has 2 bridgehead atoms. The molecule has 12 heteroatoms. The molecule has 1 fully saturated rings. The number of ether oxygens (including phenoxy) is 2. The number of carbonyl (C=O) groups is 2. The summed E-state index contributed by atoms with van der Waals surface area (Å²) in [6.07, 6.45) is 11.6. The van der Waals surface area contributed by atoms with Crippen molar-refractivity contribution in [3.63, 3.8) is 0 Å². The molecule has 3 heterocycles. The van der Waals surface area contributed by atoms with Crippen LogP contribution in [-0.2, 0) is 40.0 Å². The van der Waals surface area contributed by atoms with Crippen LogP contribution in [0.4, 0.5) is 5.69 Å². The van der Waals surface area contributed by atoms with Crippen LogP contribution >= 0.6 is 11.6 Å². The van der Waals surface area contributed by atoms with Gasteiger partial charge in [-0.3, -0.25) is 19.0 Å². The molecule has 1 saturated carbocycles. The summed E-state index contributed by atoms with van der Waals surface area (Å²) in [4.78, 5) is 30.6. The number of hydrogen-bond acceptors (Lipinski definition) is 7. The minimum absolute atomic E-state index is 0.0412. The van der Waals surface area contributed by atoms with Gasteiger partial charge in [0.1, 0.15) is 15.7 Å². The lowest BCUT2D eigenvalue weighted by Gasteiger charge is -2.46. The van der Waals surface area contributed by atoms with Gasteiger partial charge in [-0.05, 0) is 123 Å². The monoisotopic (exact) mass is 823 g/mol. The molecule has 58 heavy (non-hydrogen) atoms. The maximum atomic E-state index is 15.2. The molecule has 1 aromatic heterocycles. The largest absolute Gasteiger partial charge is 0.490 e. The third-order valence-corrected chi connectivity index (χ3v) is 15.2. The Balaban J connectivity index is 1.23. The topological polar surface area (TPSA) is 115 Å². The van der Waals surface area contributed by atoms with Crippen LogP contribution in [-0.4, -0.2) is 64.5 Å². The van der Waals surface area contributed by atoms with E-state index in [0.717, 1.165) is 54.9 Å². The summed E-state index contributed by atoms with van der Waals surface area (Å²) in [6, 6.07) is 20.1. The number of rotatable bonds is 5. The van der Waals surface area contributed by atoms with Crippen molar-refractivity contribution >= 4 is 39.0 Å². The van der Waals surface area contributed by atoms with Crippen molar-refractivity contribution < 1.29 is 23.3 Å². The van der Waals surface area contributed by atoms with Gasteiger partial charge >= 0.3 is 0 Å². The fraction of sp³-hybridized carbons (Fsp3) is 0.457. The quantitative estimate of drug-likeness (QED) is 0.202. The van der Waals surface area contributed by atoms with Crippen molar-refractivity contribution in [2.24, 2.45) is 35.1 Å². The van der Waals surface area contributed by atoms with Crippen molar-refractivity contribution in [1.82, 2.24) is 14.5 Å². The Kier molecular flexibility index (Phi) is 11.3. The van der Waals surface area contributed by atoms with E-state index in [1.165, 1.54) is 21.4 Å². The van der Waals surface area contributed by atoms with Gasteiger partial charge in [0.25, 0.3) is 11.8 Å². The summed E-state index contributed by atoms with van der Waals surface area (Å²) in [5.74, 6) is -0.293. The first-order valence-electron chi connectivity index (χ1n) is 20.5. The number of nitrogens with zero attached hydrogens (tertiary/aromatic N) is 4. The molecular formula is C46H54ClN5O5S. The Morgan fingerprint density at radius 3 is 2.62 bits per heavy atom. The zero-order chi connectivity index (χ0) is 40.8. The van der Waals surface area contributed by atoms with E-state index in [2.05, 4.69) is 74.6 Å². The van der Waals surface area contributed by atoms with E-state index >= 15 is 4.21 Å². The van der Waals surface area contributed by atoms with Crippen molar-refractivity contribution in [2.45, 2.75) is 70.8 Å². The van der Waals surface area contributed by atoms with Crippen LogP contribution in [0.15, 0.2) is 83.4 Å². The molecule has 10 nitrogen and oxygen atoms in total. The Hall–Kier alpha value is -4.45.